The van der Waals surface area contributed by atoms with Crippen molar-refractivity contribution >= 4 is 23.6 Å². The van der Waals surface area contributed by atoms with Gasteiger partial charge in [0.1, 0.15) is 0 Å². The van der Waals surface area contributed by atoms with Crippen LogP contribution in [0.3, 0.4) is 0 Å². The smallest absolute Gasteiger partial charge is 0.255 e. The highest BCUT2D eigenvalue weighted by atomic mass is 35.5. The topological polar surface area (TPSA) is 29.1 Å². The molecule has 2 rings (SSSR count). The van der Waals surface area contributed by atoms with Crippen LogP contribution in [0.1, 0.15) is 15.9 Å². The summed E-state index contributed by atoms with van der Waals surface area (Å²) in [5.74, 6) is -0.131. The second-order valence-corrected chi connectivity index (χ2v) is 4.16. The molecule has 0 unspecified atom stereocenters. The molecular formula is C15H12ClNO. The summed E-state index contributed by atoms with van der Waals surface area (Å²) >= 11 is 5.86. The first-order valence-corrected chi connectivity index (χ1v) is 5.91. The zero-order chi connectivity index (χ0) is 12.8. The molecule has 0 bridgehead atoms. The molecular weight excluding hydrogens is 246 g/mol. The highest BCUT2D eigenvalue weighted by Gasteiger charge is 2.00. The van der Waals surface area contributed by atoms with E-state index in [0.717, 1.165) is 5.56 Å². The van der Waals surface area contributed by atoms with Crippen molar-refractivity contribution in [1.29, 1.82) is 0 Å². The third-order valence-electron chi connectivity index (χ3n) is 2.37. The van der Waals surface area contributed by atoms with E-state index < -0.39 is 0 Å². The maximum atomic E-state index is 11.7. The van der Waals surface area contributed by atoms with Gasteiger partial charge in [-0.1, -0.05) is 41.9 Å². The SMILES string of the molecule is O=C(N/C=C/c1cccc(Cl)c1)c1ccccc1. The number of rotatable bonds is 3. The zero-order valence-electron chi connectivity index (χ0n) is 9.64. The van der Waals surface area contributed by atoms with Crippen LogP contribution in [-0.4, -0.2) is 5.91 Å². The van der Waals surface area contributed by atoms with E-state index in [9.17, 15) is 4.79 Å². The standard InChI is InChI=1S/C15H12ClNO/c16-14-8-4-5-12(11-14)9-10-17-15(18)13-6-2-1-3-7-13/h1-11H,(H,17,18)/b10-9+. The van der Waals surface area contributed by atoms with Gasteiger partial charge in [0.15, 0.2) is 0 Å². The number of amides is 1. The lowest BCUT2D eigenvalue weighted by Gasteiger charge is -1.99. The summed E-state index contributed by atoms with van der Waals surface area (Å²) in [6.45, 7) is 0. The predicted octanol–water partition coefficient (Wildman–Crippen LogP) is 3.74. The Hall–Kier alpha value is -2.06. The van der Waals surface area contributed by atoms with Crippen molar-refractivity contribution < 1.29 is 4.79 Å². The van der Waals surface area contributed by atoms with Crippen molar-refractivity contribution in [1.82, 2.24) is 5.32 Å². The van der Waals surface area contributed by atoms with Crippen molar-refractivity contribution in [3.05, 3.63) is 76.9 Å². The Morgan fingerprint density at radius 3 is 2.56 bits per heavy atom. The third-order valence-corrected chi connectivity index (χ3v) is 2.61. The normalized spacial score (nSPS) is 10.5. The lowest BCUT2D eigenvalue weighted by Crippen LogP contribution is -2.16. The summed E-state index contributed by atoms with van der Waals surface area (Å²) in [5, 5.41) is 3.38. The van der Waals surface area contributed by atoms with E-state index in [4.69, 9.17) is 11.6 Å². The fraction of sp³-hybridized carbons (Fsp3) is 0. The van der Waals surface area contributed by atoms with Gasteiger partial charge in [-0.2, -0.15) is 0 Å². The Morgan fingerprint density at radius 1 is 1.06 bits per heavy atom. The quantitative estimate of drug-likeness (QED) is 0.892. The minimum Gasteiger partial charge on any atom is -0.329 e. The number of halogens is 1. The minimum absolute atomic E-state index is 0.131. The summed E-state index contributed by atoms with van der Waals surface area (Å²) in [6.07, 6.45) is 3.41. The molecule has 3 heteroatoms. The van der Waals surface area contributed by atoms with Crippen LogP contribution in [0, 0.1) is 0 Å². The van der Waals surface area contributed by atoms with Gasteiger partial charge >= 0.3 is 0 Å². The molecule has 0 aliphatic rings. The number of benzene rings is 2. The van der Waals surface area contributed by atoms with Gasteiger partial charge < -0.3 is 5.32 Å². The number of carbonyl (C=O) groups is 1. The highest BCUT2D eigenvalue weighted by Crippen LogP contribution is 2.11. The van der Waals surface area contributed by atoms with Crippen LogP contribution >= 0.6 is 11.6 Å². The first-order valence-electron chi connectivity index (χ1n) is 5.54. The maximum Gasteiger partial charge on any atom is 0.255 e. The molecule has 0 atom stereocenters. The molecule has 2 aromatic rings. The molecule has 0 heterocycles. The number of hydrogen-bond donors (Lipinski definition) is 1. The van der Waals surface area contributed by atoms with Crippen LogP contribution in [0.25, 0.3) is 6.08 Å². The summed E-state index contributed by atoms with van der Waals surface area (Å²) < 4.78 is 0. The Bertz CT molecular complexity index is 564. The average molecular weight is 258 g/mol. The van der Waals surface area contributed by atoms with Crippen LogP contribution in [0.5, 0.6) is 0 Å². The van der Waals surface area contributed by atoms with Gasteiger partial charge in [0.25, 0.3) is 5.91 Å². The molecule has 0 aromatic heterocycles. The molecule has 1 N–H and O–H groups in total. The molecule has 0 saturated heterocycles. The number of hydrogen-bond acceptors (Lipinski definition) is 1. The maximum absolute atomic E-state index is 11.7. The molecule has 18 heavy (non-hydrogen) atoms. The number of carbonyl (C=O) groups excluding carboxylic acids is 1. The van der Waals surface area contributed by atoms with Crippen LogP contribution in [0.4, 0.5) is 0 Å². The van der Waals surface area contributed by atoms with Gasteiger partial charge in [-0.05, 0) is 35.9 Å². The van der Waals surface area contributed by atoms with E-state index >= 15 is 0 Å². The molecule has 0 aliphatic carbocycles. The Labute approximate surface area is 111 Å². The Balaban J connectivity index is 1.98. The molecule has 1 amide bonds. The van der Waals surface area contributed by atoms with Gasteiger partial charge in [0, 0.05) is 16.8 Å². The van der Waals surface area contributed by atoms with Gasteiger partial charge in [0.05, 0.1) is 0 Å². The van der Waals surface area contributed by atoms with Crippen molar-refractivity contribution in [2.24, 2.45) is 0 Å². The van der Waals surface area contributed by atoms with Crippen molar-refractivity contribution in [2.45, 2.75) is 0 Å². The predicted molar refractivity (Wildman–Crippen MR) is 74.4 cm³/mol. The van der Waals surface area contributed by atoms with Crippen LogP contribution in [-0.2, 0) is 0 Å². The summed E-state index contributed by atoms with van der Waals surface area (Å²) in [6, 6.07) is 16.5. The molecule has 0 spiro atoms. The van der Waals surface area contributed by atoms with Crippen molar-refractivity contribution in [3.8, 4) is 0 Å². The Kier molecular flexibility index (Phi) is 4.15. The molecule has 0 fully saturated rings. The average Bonchev–Trinajstić information content (AvgIpc) is 2.40. The van der Waals surface area contributed by atoms with E-state index in [1.54, 1.807) is 30.5 Å². The lowest BCUT2D eigenvalue weighted by molar-refractivity contribution is 0.0970. The van der Waals surface area contributed by atoms with E-state index in [2.05, 4.69) is 5.32 Å². The summed E-state index contributed by atoms with van der Waals surface area (Å²) in [7, 11) is 0. The zero-order valence-corrected chi connectivity index (χ0v) is 10.4. The van der Waals surface area contributed by atoms with Crippen LogP contribution < -0.4 is 5.32 Å². The van der Waals surface area contributed by atoms with Crippen LogP contribution in [0.2, 0.25) is 5.02 Å². The number of nitrogens with one attached hydrogen (secondary N) is 1. The second kappa shape index (κ2) is 6.03. The second-order valence-electron chi connectivity index (χ2n) is 3.73. The molecule has 2 aromatic carbocycles. The lowest BCUT2D eigenvalue weighted by atomic mass is 10.2. The first kappa shape index (κ1) is 12.4. The van der Waals surface area contributed by atoms with Crippen molar-refractivity contribution in [3.63, 3.8) is 0 Å². The molecule has 0 saturated carbocycles. The molecule has 0 radical (unpaired) electrons. The van der Waals surface area contributed by atoms with Gasteiger partial charge in [0.2, 0.25) is 0 Å². The van der Waals surface area contributed by atoms with Gasteiger partial charge in [-0.25, -0.2) is 0 Å². The fourth-order valence-electron chi connectivity index (χ4n) is 1.50. The van der Waals surface area contributed by atoms with E-state index in [-0.39, 0.29) is 5.91 Å². The van der Waals surface area contributed by atoms with E-state index in [1.807, 2.05) is 36.4 Å². The molecule has 90 valence electrons. The Morgan fingerprint density at radius 2 is 1.83 bits per heavy atom. The molecule has 0 aliphatic heterocycles. The van der Waals surface area contributed by atoms with E-state index in [0.29, 0.717) is 10.6 Å². The van der Waals surface area contributed by atoms with Gasteiger partial charge in [-0.3, -0.25) is 4.79 Å². The molecule has 2 nitrogen and oxygen atoms in total. The highest BCUT2D eigenvalue weighted by molar-refractivity contribution is 6.30. The van der Waals surface area contributed by atoms with E-state index in [1.165, 1.54) is 0 Å². The first-order chi connectivity index (χ1) is 8.75. The minimum atomic E-state index is -0.131. The summed E-state index contributed by atoms with van der Waals surface area (Å²) in [5.41, 5.74) is 1.57. The fourth-order valence-corrected chi connectivity index (χ4v) is 1.70. The van der Waals surface area contributed by atoms with Crippen molar-refractivity contribution in [2.75, 3.05) is 0 Å². The monoisotopic (exact) mass is 257 g/mol. The summed E-state index contributed by atoms with van der Waals surface area (Å²) in [4.78, 5) is 11.7. The van der Waals surface area contributed by atoms with Gasteiger partial charge in [-0.15, -0.1) is 0 Å². The largest absolute Gasteiger partial charge is 0.329 e. The van der Waals surface area contributed by atoms with Crippen LogP contribution in [0.15, 0.2) is 60.8 Å². The third kappa shape index (κ3) is 3.47.